The van der Waals surface area contributed by atoms with E-state index in [1.165, 1.54) is 0 Å². The maximum Gasteiger partial charge on any atom is 0.374 e. The lowest BCUT2D eigenvalue weighted by Crippen LogP contribution is -2.03. The van der Waals surface area contributed by atoms with Crippen LogP contribution in [0.4, 0.5) is 4.70 Å². The molecule has 0 bridgehead atoms. The lowest BCUT2D eigenvalue weighted by Gasteiger charge is -1.79. The van der Waals surface area contributed by atoms with Gasteiger partial charge >= 0.3 is 5.97 Å². The van der Waals surface area contributed by atoms with E-state index in [1.54, 1.807) is 0 Å². The molecular formula is C4H5FO3. The summed E-state index contributed by atoms with van der Waals surface area (Å²) >= 11 is 0. The van der Waals surface area contributed by atoms with Crippen molar-refractivity contribution in [2.45, 2.75) is 6.42 Å². The van der Waals surface area contributed by atoms with Gasteiger partial charge in [-0.2, -0.15) is 0 Å². The number of hydrogen-bond acceptors (Lipinski definition) is 3. The van der Waals surface area contributed by atoms with Crippen LogP contribution in [0.1, 0.15) is 6.42 Å². The largest absolute Gasteiger partial charge is 0.459 e. The van der Waals surface area contributed by atoms with E-state index >= 15 is 0 Å². The van der Waals surface area contributed by atoms with Gasteiger partial charge in [-0.3, -0.25) is 9.50 Å². The summed E-state index contributed by atoms with van der Waals surface area (Å²) in [5.74, 6) is -1.08. The number of ether oxygens (including phenoxy) is 1. The van der Waals surface area contributed by atoms with Crippen molar-refractivity contribution in [1.29, 1.82) is 0 Å². The Labute approximate surface area is 45.0 Å². The first-order valence-electron chi connectivity index (χ1n) is 2.00. The van der Waals surface area contributed by atoms with Crippen LogP contribution in [0.25, 0.3) is 0 Å². The van der Waals surface area contributed by atoms with Gasteiger partial charge in [-0.05, 0) is 0 Å². The highest BCUT2D eigenvalue weighted by molar-refractivity contribution is 6.35. The predicted octanol–water partition coefficient (Wildman–Crippen LogP) is -0.345. The molecule has 0 amide bonds. The quantitative estimate of drug-likeness (QED) is 0.324. The fraction of sp³-hybridized carbons (Fsp3) is 0.500. The van der Waals surface area contributed by atoms with E-state index in [1.807, 2.05) is 0 Å². The minimum atomic E-state index is -0.681. The average Bonchev–Trinajstić information content (AvgIpc) is 1.91. The molecule has 0 spiro atoms. The topological polar surface area (TPSA) is 43.4 Å². The monoisotopic (exact) mass is 120 g/mol. The fourth-order valence-electron chi connectivity index (χ4n) is 0.419. The van der Waals surface area contributed by atoms with Gasteiger partial charge in [-0.25, -0.2) is 4.79 Å². The third-order valence-electron chi connectivity index (χ3n) is 0.790. The van der Waals surface area contributed by atoms with Crippen molar-refractivity contribution in [3.05, 3.63) is 0 Å². The standard InChI is InChI=1S/C4H4O3.FH/c5-3-1-2-7-4(3)6;/h1-2H2;1H. The summed E-state index contributed by atoms with van der Waals surface area (Å²) in [6.45, 7) is 0.275. The smallest absolute Gasteiger partial charge is 0.374 e. The van der Waals surface area contributed by atoms with Crippen molar-refractivity contribution >= 4 is 11.8 Å². The zero-order chi connectivity index (χ0) is 5.28. The van der Waals surface area contributed by atoms with Crippen LogP contribution in [0.15, 0.2) is 0 Å². The van der Waals surface area contributed by atoms with E-state index in [0.29, 0.717) is 0 Å². The number of carbonyl (C=O) groups excluding carboxylic acids is 2. The number of hydrogen-bond donors (Lipinski definition) is 0. The maximum absolute atomic E-state index is 10.1. The van der Waals surface area contributed by atoms with Crippen LogP contribution in [-0.4, -0.2) is 18.4 Å². The molecule has 1 heterocycles. The minimum absolute atomic E-state index is 0. The third kappa shape index (κ3) is 1.02. The van der Waals surface area contributed by atoms with Crippen molar-refractivity contribution in [3.8, 4) is 0 Å². The maximum atomic E-state index is 10.1. The summed E-state index contributed by atoms with van der Waals surface area (Å²) in [7, 11) is 0. The summed E-state index contributed by atoms with van der Waals surface area (Å²) in [4.78, 5) is 20.1. The Morgan fingerprint density at radius 1 is 1.38 bits per heavy atom. The van der Waals surface area contributed by atoms with Crippen molar-refractivity contribution in [2.24, 2.45) is 0 Å². The number of cyclic esters (lactones) is 1. The van der Waals surface area contributed by atoms with E-state index < -0.39 is 11.8 Å². The molecule has 0 saturated carbocycles. The zero-order valence-electron chi connectivity index (χ0n) is 4.05. The van der Waals surface area contributed by atoms with Gasteiger partial charge in [0.05, 0.1) is 13.0 Å². The molecular weight excluding hydrogens is 115 g/mol. The zero-order valence-corrected chi connectivity index (χ0v) is 4.05. The van der Waals surface area contributed by atoms with Crippen LogP contribution >= 0.6 is 0 Å². The number of halogens is 1. The molecule has 3 nitrogen and oxygen atoms in total. The number of ketones is 1. The van der Waals surface area contributed by atoms with Crippen LogP contribution < -0.4 is 0 Å². The minimum Gasteiger partial charge on any atom is -0.459 e. The van der Waals surface area contributed by atoms with E-state index in [2.05, 4.69) is 4.74 Å². The normalized spacial score (nSPS) is 17.5. The first-order chi connectivity index (χ1) is 3.30. The number of rotatable bonds is 0. The highest BCUT2D eigenvalue weighted by Crippen LogP contribution is 1.97. The van der Waals surface area contributed by atoms with Gasteiger partial charge in [-0.1, -0.05) is 0 Å². The van der Waals surface area contributed by atoms with E-state index in [-0.39, 0.29) is 17.7 Å². The Balaban J connectivity index is 0.000000490. The second-order valence-electron chi connectivity index (χ2n) is 1.31. The van der Waals surface area contributed by atoms with Crippen molar-refractivity contribution < 1.29 is 19.0 Å². The summed E-state index contributed by atoms with van der Waals surface area (Å²) in [5.41, 5.74) is 0. The SMILES string of the molecule is F.O=C1CCOC1=O. The molecule has 1 aliphatic rings. The lowest BCUT2D eigenvalue weighted by atomic mass is 10.3. The van der Waals surface area contributed by atoms with E-state index in [9.17, 15) is 9.59 Å². The van der Waals surface area contributed by atoms with Gasteiger partial charge < -0.3 is 4.74 Å². The van der Waals surface area contributed by atoms with Gasteiger partial charge in [0.2, 0.25) is 5.78 Å². The van der Waals surface area contributed by atoms with Crippen LogP contribution in [0.5, 0.6) is 0 Å². The molecule has 0 aliphatic carbocycles. The molecule has 0 aromatic rings. The third-order valence-corrected chi connectivity index (χ3v) is 0.790. The number of esters is 1. The van der Waals surface area contributed by atoms with Gasteiger partial charge in [0, 0.05) is 0 Å². The Morgan fingerprint density at radius 3 is 2.12 bits per heavy atom. The first kappa shape index (κ1) is 7.07. The molecule has 1 saturated heterocycles. The lowest BCUT2D eigenvalue weighted by molar-refractivity contribution is -0.146. The van der Waals surface area contributed by atoms with E-state index in [4.69, 9.17) is 0 Å². The Kier molecular flexibility index (Phi) is 2.12. The molecule has 0 aromatic heterocycles. The Bertz CT molecular complexity index is 106. The summed E-state index contributed by atoms with van der Waals surface area (Å²) in [5, 5.41) is 0. The molecule has 1 aliphatic heterocycles. The van der Waals surface area contributed by atoms with Gasteiger partial charge in [0.1, 0.15) is 0 Å². The highest BCUT2D eigenvalue weighted by atomic mass is 19.0. The number of carbonyl (C=O) groups is 2. The molecule has 8 heavy (non-hydrogen) atoms. The number of Topliss-reactive ketones (excluding diaryl/α,β-unsaturated/α-hetero) is 1. The molecule has 0 N–H and O–H groups in total. The van der Waals surface area contributed by atoms with Crippen molar-refractivity contribution in [1.82, 2.24) is 0 Å². The molecule has 46 valence electrons. The van der Waals surface area contributed by atoms with Crippen LogP contribution in [0, 0.1) is 0 Å². The molecule has 1 rings (SSSR count). The summed E-state index contributed by atoms with van der Waals surface area (Å²) in [6, 6.07) is 0. The molecule has 0 aromatic carbocycles. The second kappa shape index (κ2) is 2.40. The first-order valence-corrected chi connectivity index (χ1v) is 2.00. The van der Waals surface area contributed by atoms with Gasteiger partial charge in [0.15, 0.2) is 0 Å². The predicted molar refractivity (Wildman–Crippen MR) is 23.1 cm³/mol. The van der Waals surface area contributed by atoms with Gasteiger partial charge in [0.25, 0.3) is 0 Å². The van der Waals surface area contributed by atoms with Crippen molar-refractivity contribution in [2.75, 3.05) is 6.61 Å². The highest BCUT2D eigenvalue weighted by Gasteiger charge is 2.21. The Morgan fingerprint density at radius 2 is 2.00 bits per heavy atom. The van der Waals surface area contributed by atoms with Crippen LogP contribution in [0.2, 0.25) is 0 Å². The molecule has 0 unspecified atom stereocenters. The summed E-state index contributed by atoms with van der Waals surface area (Å²) < 4.78 is 4.28. The molecule has 4 heteroatoms. The van der Waals surface area contributed by atoms with Gasteiger partial charge in [-0.15, -0.1) is 0 Å². The second-order valence-corrected chi connectivity index (χ2v) is 1.31. The molecule has 0 atom stereocenters. The Hall–Kier alpha value is -0.930. The average molecular weight is 120 g/mol. The summed E-state index contributed by atoms with van der Waals surface area (Å²) in [6.07, 6.45) is 0.263. The van der Waals surface area contributed by atoms with E-state index in [0.717, 1.165) is 0 Å². The molecule has 0 radical (unpaired) electrons. The molecule has 1 fully saturated rings. The van der Waals surface area contributed by atoms with Crippen molar-refractivity contribution in [3.63, 3.8) is 0 Å². The van der Waals surface area contributed by atoms with Crippen LogP contribution in [-0.2, 0) is 14.3 Å². The van der Waals surface area contributed by atoms with Crippen LogP contribution in [0.3, 0.4) is 0 Å². The fourth-order valence-corrected chi connectivity index (χ4v) is 0.419.